The number of nitrogen functional groups attached to an aromatic ring is 1. The standard InChI is InChI=1S/C12H18N6O2/c1-6(2)4-7(11(19)20-3)16-10-8-9(15-5-14-8)17-12(13)18-10/h5-7H,4H2,1-3H3,(H4,13,14,15,16,17,18). The summed E-state index contributed by atoms with van der Waals surface area (Å²) < 4.78 is 4.81. The van der Waals surface area contributed by atoms with Gasteiger partial charge < -0.3 is 20.8 Å². The van der Waals surface area contributed by atoms with E-state index in [4.69, 9.17) is 10.5 Å². The minimum Gasteiger partial charge on any atom is -0.467 e. The first-order valence-electron chi connectivity index (χ1n) is 6.32. The number of carbonyl (C=O) groups is 1. The molecule has 0 aromatic carbocycles. The predicted octanol–water partition coefficient (Wildman–Crippen LogP) is 0.935. The molecule has 0 saturated heterocycles. The van der Waals surface area contributed by atoms with Crippen LogP contribution >= 0.6 is 0 Å². The van der Waals surface area contributed by atoms with Crippen LogP contribution in [0.1, 0.15) is 20.3 Å². The van der Waals surface area contributed by atoms with E-state index in [1.165, 1.54) is 13.4 Å². The number of nitrogens with zero attached hydrogens (tertiary/aromatic N) is 3. The second-order valence-corrected chi connectivity index (χ2v) is 4.88. The van der Waals surface area contributed by atoms with Gasteiger partial charge in [0.05, 0.1) is 13.4 Å². The predicted molar refractivity (Wildman–Crippen MR) is 75.0 cm³/mol. The third-order valence-corrected chi connectivity index (χ3v) is 2.81. The van der Waals surface area contributed by atoms with Crippen LogP contribution < -0.4 is 11.1 Å². The molecule has 0 radical (unpaired) electrons. The van der Waals surface area contributed by atoms with E-state index in [-0.39, 0.29) is 11.9 Å². The van der Waals surface area contributed by atoms with Crippen LogP contribution in [0.4, 0.5) is 11.8 Å². The first-order valence-corrected chi connectivity index (χ1v) is 6.32. The molecule has 0 bridgehead atoms. The number of fused-ring (bicyclic) bond motifs is 1. The molecule has 2 aromatic rings. The maximum Gasteiger partial charge on any atom is 0.328 e. The molecule has 0 fully saturated rings. The lowest BCUT2D eigenvalue weighted by Crippen LogP contribution is -2.32. The number of anilines is 2. The molecule has 108 valence electrons. The Kier molecular flexibility index (Phi) is 4.02. The topological polar surface area (TPSA) is 119 Å². The monoisotopic (exact) mass is 278 g/mol. The minimum atomic E-state index is -0.499. The van der Waals surface area contributed by atoms with Crippen LogP contribution in [0, 0.1) is 5.92 Å². The van der Waals surface area contributed by atoms with Gasteiger partial charge in [0.2, 0.25) is 5.95 Å². The highest BCUT2D eigenvalue weighted by Crippen LogP contribution is 2.20. The number of nitrogens with one attached hydrogen (secondary N) is 2. The first-order chi connectivity index (χ1) is 9.51. The van der Waals surface area contributed by atoms with E-state index < -0.39 is 6.04 Å². The van der Waals surface area contributed by atoms with Gasteiger partial charge in [-0.3, -0.25) is 0 Å². The molecule has 20 heavy (non-hydrogen) atoms. The zero-order valence-corrected chi connectivity index (χ0v) is 11.7. The molecule has 0 aliphatic rings. The van der Waals surface area contributed by atoms with E-state index in [1.54, 1.807) is 0 Å². The summed E-state index contributed by atoms with van der Waals surface area (Å²) in [6, 6.07) is -0.499. The van der Waals surface area contributed by atoms with Gasteiger partial charge in [-0.25, -0.2) is 9.78 Å². The second kappa shape index (κ2) is 5.72. The number of ether oxygens (including phenoxy) is 1. The van der Waals surface area contributed by atoms with Gasteiger partial charge >= 0.3 is 5.97 Å². The number of carbonyl (C=O) groups excluding carboxylic acids is 1. The number of H-pyrrole nitrogens is 1. The number of nitrogens with two attached hydrogens (primary N) is 1. The number of aromatic amines is 1. The summed E-state index contributed by atoms with van der Waals surface area (Å²) >= 11 is 0. The average Bonchev–Trinajstić information content (AvgIpc) is 2.84. The SMILES string of the molecule is COC(=O)C(CC(C)C)Nc1nc(N)nc2nc[nH]c12. The van der Waals surface area contributed by atoms with Crippen LogP contribution in [-0.2, 0) is 9.53 Å². The highest BCUT2D eigenvalue weighted by Gasteiger charge is 2.22. The smallest absolute Gasteiger partial charge is 0.328 e. The van der Waals surface area contributed by atoms with Crippen LogP contribution in [0.2, 0.25) is 0 Å². The molecular weight excluding hydrogens is 260 g/mol. The number of esters is 1. The summed E-state index contributed by atoms with van der Waals surface area (Å²) in [5.74, 6) is 0.521. The van der Waals surface area contributed by atoms with E-state index in [9.17, 15) is 4.79 Å². The highest BCUT2D eigenvalue weighted by molar-refractivity contribution is 5.87. The van der Waals surface area contributed by atoms with Crippen molar-refractivity contribution < 1.29 is 9.53 Å². The summed E-state index contributed by atoms with van der Waals surface area (Å²) in [7, 11) is 1.36. The zero-order valence-electron chi connectivity index (χ0n) is 11.7. The van der Waals surface area contributed by atoms with Crippen LogP contribution in [0.25, 0.3) is 11.2 Å². The summed E-state index contributed by atoms with van der Waals surface area (Å²) in [5.41, 5.74) is 6.70. The fourth-order valence-corrected chi connectivity index (χ4v) is 1.95. The Labute approximate surface area is 116 Å². The maximum atomic E-state index is 11.8. The number of hydrogen-bond donors (Lipinski definition) is 3. The Morgan fingerprint density at radius 3 is 2.90 bits per heavy atom. The van der Waals surface area contributed by atoms with Crippen molar-refractivity contribution in [2.24, 2.45) is 5.92 Å². The fraction of sp³-hybridized carbons (Fsp3) is 0.500. The number of imidazole rings is 1. The number of aromatic nitrogens is 4. The largest absolute Gasteiger partial charge is 0.467 e. The van der Waals surface area contributed by atoms with Gasteiger partial charge in [-0.05, 0) is 12.3 Å². The summed E-state index contributed by atoms with van der Waals surface area (Å²) in [6.45, 7) is 4.05. The maximum absolute atomic E-state index is 11.8. The molecule has 1 unspecified atom stereocenters. The normalized spacial score (nSPS) is 12.6. The first kappa shape index (κ1) is 14.0. The van der Waals surface area contributed by atoms with E-state index in [1.807, 2.05) is 13.8 Å². The number of hydrogen-bond acceptors (Lipinski definition) is 7. The summed E-state index contributed by atoms with van der Waals surface area (Å²) in [4.78, 5) is 26.9. The van der Waals surface area contributed by atoms with Gasteiger partial charge in [-0.15, -0.1) is 0 Å². The lowest BCUT2D eigenvalue weighted by atomic mass is 10.0. The highest BCUT2D eigenvalue weighted by atomic mass is 16.5. The minimum absolute atomic E-state index is 0.0975. The van der Waals surface area contributed by atoms with E-state index >= 15 is 0 Å². The molecule has 0 saturated carbocycles. The van der Waals surface area contributed by atoms with Gasteiger partial charge in [-0.1, -0.05) is 13.8 Å². The molecule has 4 N–H and O–H groups in total. The molecule has 0 amide bonds. The van der Waals surface area contributed by atoms with Crippen molar-refractivity contribution >= 4 is 28.9 Å². The van der Waals surface area contributed by atoms with Crippen molar-refractivity contribution in [3.8, 4) is 0 Å². The van der Waals surface area contributed by atoms with Crippen LogP contribution in [0.5, 0.6) is 0 Å². The molecule has 0 aliphatic carbocycles. The van der Waals surface area contributed by atoms with E-state index in [0.717, 1.165) is 0 Å². The molecule has 2 aromatic heterocycles. The van der Waals surface area contributed by atoms with Crippen molar-refractivity contribution in [2.45, 2.75) is 26.3 Å². The van der Waals surface area contributed by atoms with Crippen molar-refractivity contribution in [3.63, 3.8) is 0 Å². The molecule has 0 spiro atoms. The third kappa shape index (κ3) is 2.95. The molecule has 2 rings (SSSR count). The van der Waals surface area contributed by atoms with Crippen molar-refractivity contribution in [2.75, 3.05) is 18.2 Å². The van der Waals surface area contributed by atoms with E-state index in [2.05, 4.69) is 25.3 Å². The molecule has 0 aliphatic heterocycles. The quantitative estimate of drug-likeness (QED) is 0.696. The molecule has 8 nitrogen and oxygen atoms in total. The second-order valence-electron chi connectivity index (χ2n) is 4.88. The average molecular weight is 278 g/mol. The Hall–Kier alpha value is -2.38. The number of rotatable bonds is 5. The zero-order chi connectivity index (χ0) is 14.7. The van der Waals surface area contributed by atoms with Crippen molar-refractivity contribution in [1.29, 1.82) is 0 Å². The summed E-state index contributed by atoms with van der Waals surface area (Å²) in [6.07, 6.45) is 2.12. The fourth-order valence-electron chi connectivity index (χ4n) is 1.95. The van der Waals surface area contributed by atoms with Gasteiger partial charge in [0.1, 0.15) is 11.6 Å². The Morgan fingerprint density at radius 2 is 2.25 bits per heavy atom. The summed E-state index contributed by atoms with van der Waals surface area (Å²) in [5, 5.41) is 3.05. The Bertz CT molecular complexity index is 609. The van der Waals surface area contributed by atoms with Crippen LogP contribution in [-0.4, -0.2) is 39.1 Å². The van der Waals surface area contributed by atoms with E-state index in [0.29, 0.717) is 29.3 Å². The molecule has 8 heteroatoms. The third-order valence-electron chi connectivity index (χ3n) is 2.81. The lowest BCUT2D eigenvalue weighted by Gasteiger charge is -2.19. The molecular formula is C12H18N6O2. The van der Waals surface area contributed by atoms with Gasteiger partial charge in [-0.2, -0.15) is 9.97 Å². The Morgan fingerprint density at radius 1 is 1.50 bits per heavy atom. The Balaban J connectivity index is 2.32. The van der Waals surface area contributed by atoms with Crippen molar-refractivity contribution in [3.05, 3.63) is 6.33 Å². The van der Waals surface area contributed by atoms with Crippen LogP contribution in [0.15, 0.2) is 6.33 Å². The molecule has 2 heterocycles. The van der Waals surface area contributed by atoms with Gasteiger partial charge in [0.25, 0.3) is 0 Å². The van der Waals surface area contributed by atoms with Crippen molar-refractivity contribution in [1.82, 2.24) is 19.9 Å². The lowest BCUT2D eigenvalue weighted by molar-refractivity contribution is -0.141. The molecule has 1 atom stereocenters. The number of methoxy groups -OCH3 is 1. The van der Waals surface area contributed by atoms with Crippen LogP contribution in [0.3, 0.4) is 0 Å². The van der Waals surface area contributed by atoms with Gasteiger partial charge in [0.15, 0.2) is 11.5 Å². The van der Waals surface area contributed by atoms with Gasteiger partial charge in [0, 0.05) is 0 Å².